The SMILES string of the molecule is Cc1cc(C)cc(OCCC(=O)N2CCC(NC(=O)c3ccsc3)CC2)c1. The Kier molecular flexibility index (Phi) is 6.50. The summed E-state index contributed by atoms with van der Waals surface area (Å²) in [4.78, 5) is 26.4. The third-order valence-corrected chi connectivity index (χ3v) is 5.43. The summed E-state index contributed by atoms with van der Waals surface area (Å²) in [6.07, 6.45) is 1.96. The van der Waals surface area contributed by atoms with Crippen LogP contribution in [0.4, 0.5) is 0 Å². The third-order valence-electron chi connectivity index (χ3n) is 4.75. The van der Waals surface area contributed by atoms with Crippen LogP contribution in [0.5, 0.6) is 5.75 Å². The summed E-state index contributed by atoms with van der Waals surface area (Å²) < 4.78 is 5.74. The second-order valence-corrected chi connectivity index (χ2v) is 7.84. The van der Waals surface area contributed by atoms with Crippen LogP contribution >= 0.6 is 11.3 Å². The third kappa shape index (κ3) is 5.57. The molecule has 1 aromatic heterocycles. The lowest BCUT2D eigenvalue weighted by atomic mass is 10.0. The van der Waals surface area contributed by atoms with E-state index >= 15 is 0 Å². The van der Waals surface area contributed by atoms with Crippen LogP contribution in [-0.4, -0.2) is 42.5 Å². The highest BCUT2D eigenvalue weighted by Gasteiger charge is 2.24. The van der Waals surface area contributed by atoms with Crippen molar-refractivity contribution in [2.75, 3.05) is 19.7 Å². The molecule has 0 aliphatic carbocycles. The average Bonchev–Trinajstić information content (AvgIpc) is 3.16. The van der Waals surface area contributed by atoms with Crippen molar-refractivity contribution in [2.24, 2.45) is 0 Å². The Morgan fingerprint density at radius 2 is 1.89 bits per heavy atom. The number of thiophene rings is 1. The van der Waals surface area contributed by atoms with Gasteiger partial charge in [-0.1, -0.05) is 6.07 Å². The molecule has 2 heterocycles. The van der Waals surface area contributed by atoms with Gasteiger partial charge < -0.3 is 15.0 Å². The molecule has 0 spiro atoms. The first-order valence-electron chi connectivity index (χ1n) is 9.33. The molecule has 0 atom stereocenters. The van der Waals surface area contributed by atoms with Gasteiger partial charge in [-0.2, -0.15) is 11.3 Å². The highest BCUT2D eigenvalue weighted by Crippen LogP contribution is 2.17. The molecule has 0 bridgehead atoms. The Balaban J connectivity index is 1.38. The number of amides is 2. The Labute approximate surface area is 164 Å². The molecule has 2 aromatic rings. The number of likely N-dealkylation sites (tertiary alicyclic amines) is 1. The lowest BCUT2D eigenvalue weighted by molar-refractivity contribution is -0.132. The number of benzene rings is 1. The minimum absolute atomic E-state index is 0.0251. The Morgan fingerprint density at radius 3 is 2.52 bits per heavy atom. The fraction of sp³-hybridized carbons (Fsp3) is 0.429. The Bertz CT molecular complexity index is 760. The molecule has 1 N–H and O–H groups in total. The number of hydrogen-bond donors (Lipinski definition) is 1. The quantitative estimate of drug-likeness (QED) is 0.826. The summed E-state index contributed by atoms with van der Waals surface area (Å²) in [5.74, 6) is 0.903. The maximum atomic E-state index is 12.4. The van der Waals surface area contributed by atoms with Crippen LogP contribution in [-0.2, 0) is 4.79 Å². The highest BCUT2D eigenvalue weighted by atomic mass is 32.1. The Hall–Kier alpha value is -2.34. The molecule has 1 saturated heterocycles. The molecule has 0 saturated carbocycles. The molecule has 27 heavy (non-hydrogen) atoms. The topological polar surface area (TPSA) is 58.6 Å². The number of rotatable bonds is 6. The molecule has 144 valence electrons. The van der Waals surface area contributed by atoms with Gasteiger partial charge in [-0.3, -0.25) is 9.59 Å². The van der Waals surface area contributed by atoms with Gasteiger partial charge in [0.25, 0.3) is 5.91 Å². The maximum absolute atomic E-state index is 12.4. The maximum Gasteiger partial charge on any atom is 0.252 e. The van der Waals surface area contributed by atoms with E-state index in [0.717, 1.165) is 29.7 Å². The minimum atomic E-state index is -0.0251. The van der Waals surface area contributed by atoms with Gasteiger partial charge in [-0.05, 0) is 61.4 Å². The Morgan fingerprint density at radius 1 is 1.19 bits per heavy atom. The largest absolute Gasteiger partial charge is 0.493 e. The monoisotopic (exact) mass is 386 g/mol. The lowest BCUT2D eigenvalue weighted by Crippen LogP contribution is -2.46. The number of aryl methyl sites for hydroxylation is 2. The minimum Gasteiger partial charge on any atom is -0.493 e. The zero-order valence-corrected chi connectivity index (χ0v) is 16.7. The molecule has 0 unspecified atom stereocenters. The summed E-state index contributed by atoms with van der Waals surface area (Å²) in [7, 11) is 0. The first kappa shape index (κ1) is 19.4. The predicted octanol–water partition coefficient (Wildman–Crippen LogP) is 3.55. The summed E-state index contributed by atoms with van der Waals surface area (Å²) in [6.45, 7) is 5.81. The fourth-order valence-corrected chi connectivity index (χ4v) is 4.00. The van der Waals surface area contributed by atoms with Crippen molar-refractivity contribution >= 4 is 23.2 Å². The van der Waals surface area contributed by atoms with E-state index in [1.807, 2.05) is 47.7 Å². The van der Waals surface area contributed by atoms with Gasteiger partial charge in [0.2, 0.25) is 5.91 Å². The molecule has 1 aromatic carbocycles. The molecule has 6 heteroatoms. The molecular weight excluding hydrogens is 360 g/mol. The number of carbonyl (C=O) groups is 2. The van der Waals surface area contributed by atoms with Gasteiger partial charge in [0, 0.05) is 30.1 Å². The van der Waals surface area contributed by atoms with Gasteiger partial charge >= 0.3 is 0 Å². The van der Waals surface area contributed by atoms with Crippen molar-refractivity contribution in [3.63, 3.8) is 0 Å². The summed E-state index contributed by atoms with van der Waals surface area (Å²) in [6, 6.07) is 8.03. The van der Waals surface area contributed by atoms with Gasteiger partial charge in [0.05, 0.1) is 13.0 Å². The number of ether oxygens (including phenoxy) is 1. The van der Waals surface area contributed by atoms with Gasteiger partial charge in [-0.15, -0.1) is 0 Å². The molecule has 3 rings (SSSR count). The standard InChI is InChI=1S/C21H26N2O3S/c1-15-11-16(2)13-19(12-15)26-9-5-20(24)23-7-3-18(4-8-23)22-21(25)17-6-10-27-14-17/h6,10-14,18H,3-5,7-9H2,1-2H3,(H,22,25). The van der Waals surface area contributed by atoms with Gasteiger partial charge in [0.1, 0.15) is 5.75 Å². The van der Waals surface area contributed by atoms with E-state index in [9.17, 15) is 9.59 Å². The van der Waals surface area contributed by atoms with E-state index < -0.39 is 0 Å². The van der Waals surface area contributed by atoms with Crippen LogP contribution in [0.2, 0.25) is 0 Å². The molecule has 1 aliphatic rings. The van der Waals surface area contributed by atoms with Crippen LogP contribution in [0, 0.1) is 13.8 Å². The first-order valence-corrected chi connectivity index (χ1v) is 10.3. The van der Waals surface area contributed by atoms with E-state index in [2.05, 4.69) is 11.4 Å². The van der Waals surface area contributed by atoms with Crippen LogP contribution in [0.15, 0.2) is 35.0 Å². The zero-order chi connectivity index (χ0) is 19.2. The van der Waals surface area contributed by atoms with Crippen LogP contribution in [0.25, 0.3) is 0 Å². The van der Waals surface area contributed by atoms with Crippen molar-refractivity contribution in [1.29, 1.82) is 0 Å². The van der Waals surface area contributed by atoms with E-state index in [-0.39, 0.29) is 17.9 Å². The molecule has 0 radical (unpaired) electrons. The van der Waals surface area contributed by atoms with Crippen molar-refractivity contribution < 1.29 is 14.3 Å². The summed E-state index contributed by atoms with van der Waals surface area (Å²) in [5, 5.41) is 6.81. The van der Waals surface area contributed by atoms with Crippen LogP contribution in [0.3, 0.4) is 0 Å². The number of carbonyl (C=O) groups excluding carboxylic acids is 2. The molecule has 1 aliphatic heterocycles. The second-order valence-electron chi connectivity index (χ2n) is 7.06. The van der Waals surface area contributed by atoms with E-state index in [1.165, 1.54) is 11.3 Å². The highest BCUT2D eigenvalue weighted by molar-refractivity contribution is 7.08. The zero-order valence-electron chi connectivity index (χ0n) is 15.9. The molecule has 1 fully saturated rings. The number of hydrogen-bond acceptors (Lipinski definition) is 4. The smallest absolute Gasteiger partial charge is 0.252 e. The summed E-state index contributed by atoms with van der Waals surface area (Å²) in [5.41, 5.74) is 3.02. The summed E-state index contributed by atoms with van der Waals surface area (Å²) >= 11 is 1.52. The second kappa shape index (κ2) is 9.04. The predicted molar refractivity (Wildman–Crippen MR) is 107 cm³/mol. The fourth-order valence-electron chi connectivity index (χ4n) is 3.37. The van der Waals surface area contributed by atoms with Crippen molar-refractivity contribution in [1.82, 2.24) is 10.2 Å². The van der Waals surface area contributed by atoms with Crippen LogP contribution < -0.4 is 10.1 Å². The van der Waals surface area contributed by atoms with Crippen LogP contribution in [0.1, 0.15) is 40.7 Å². The van der Waals surface area contributed by atoms with Crippen molar-refractivity contribution in [3.8, 4) is 5.75 Å². The molecular formula is C21H26N2O3S. The van der Waals surface area contributed by atoms with Gasteiger partial charge in [0.15, 0.2) is 0 Å². The van der Waals surface area contributed by atoms with E-state index in [0.29, 0.717) is 31.7 Å². The molecule has 2 amide bonds. The number of piperidine rings is 1. The average molecular weight is 387 g/mol. The van der Waals surface area contributed by atoms with Crippen molar-refractivity contribution in [3.05, 3.63) is 51.7 Å². The lowest BCUT2D eigenvalue weighted by Gasteiger charge is -2.32. The number of nitrogens with one attached hydrogen (secondary N) is 1. The normalized spacial score (nSPS) is 14.8. The van der Waals surface area contributed by atoms with E-state index in [1.54, 1.807) is 0 Å². The van der Waals surface area contributed by atoms with E-state index in [4.69, 9.17) is 4.74 Å². The van der Waals surface area contributed by atoms with Gasteiger partial charge in [-0.25, -0.2) is 0 Å². The first-order chi connectivity index (χ1) is 13.0. The molecule has 5 nitrogen and oxygen atoms in total. The van der Waals surface area contributed by atoms with Crippen molar-refractivity contribution in [2.45, 2.75) is 39.2 Å². The number of nitrogens with zero attached hydrogens (tertiary/aromatic N) is 1.